The molecule has 11 heteroatoms. The maximum atomic E-state index is 14.0. The van der Waals surface area contributed by atoms with Crippen LogP contribution in [0.25, 0.3) is 11.3 Å². The average Bonchev–Trinajstić information content (AvgIpc) is 3.28. The monoisotopic (exact) mass is 538 g/mol. The van der Waals surface area contributed by atoms with Crippen molar-refractivity contribution in [1.82, 2.24) is 10.6 Å². The van der Waals surface area contributed by atoms with Crippen LogP contribution in [0, 0.1) is 5.92 Å². The lowest BCUT2D eigenvalue weighted by atomic mass is 9.79. The summed E-state index contributed by atoms with van der Waals surface area (Å²) in [6.07, 6.45) is -5.36. The highest BCUT2D eigenvalue weighted by molar-refractivity contribution is 9.10. The third-order valence-corrected chi connectivity index (χ3v) is 6.05. The number of methoxy groups -OCH3 is 1. The number of halogens is 4. The summed E-state index contributed by atoms with van der Waals surface area (Å²) in [6.45, 7) is 0. The van der Waals surface area contributed by atoms with Gasteiger partial charge in [0.1, 0.15) is 29.2 Å². The number of carbonyl (C=O) groups is 2. The third-order valence-electron chi connectivity index (χ3n) is 5.53. The number of nitrogens with one attached hydrogen (secondary N) is 2. The Kier molecular flexibility index (Phi) is 6.17. The van der Waals surface area contributed by atoms with E-state index in [1.807, 2.05) is 0 Å². The fourth-order valence-electron chi connectivity index (χ4n) is 3.80. The van der Waals surface area contributed by atoms with Crippen LogP contribution in [0.3, 0.4) is 0 Å². The molecule has 3 N–H and O–H groups in total. The molecule has 1 fully saturated rings. The Morgan fingerprint density at radius 2 is 1.74 bits per heavy atom. The first-order valence-corrected chi connectivity index (χ1v) is 10.7. The van der Waals surface area contributed by atoms with Crippen LogP contribution in [0.5, 0.6) is 5.75 Å². The molecule has 3 aromatic rings. The SMILES string of the molecule is COc1ccc(C(=O)[C@H]2[C@H](c3ccc(-c4ccc(Br)cc4)o3)NC(=O)N[C@]2(O)C(F)(F)F)cc1. The number of alkyl halides is 3. The first-order chi connectivity index (χ1) is 16.0. The van der Waals surface area contributed by atoms with E-state index < -0.39 is 35.7 Å². The minimum Gasteiger partial charge on any atom is -0.497 e. The number of benzene rings is 2. The molecule has 0 spiro atoms. The second kappa shape index (κ2) is 8.80. The lowest BCUT2D eigenvalue weighted by molar-refractivity contribution is -0.288. The van der Waals surface area contributed by atoms with Crippen molar-refractivity contribution in [2.24, 2.45) is 5.92 Å². The van der Waals surface area contributed by atoms with E-state index >= 15 is 0 Å². The molecule has 4 rings (SSSR count). The highest BCUT2D eigenvalue weighted by Gasteiger charge is 2.66. The second-order valence-electron chi connectivity index (χ2n) is 7.62. The highest BCUT2D eigenvalue weighted by Crippen LogP contribution is 2.44. The first kappa shape index (κ1) is 23.8. The summed E-state index contributed by atoms with van der Waals surface area (Å²) in [6, 6.07) is 12.3. The van der Waals surface area contributed by atoms with Gasteiger partial charge in [-0.25, -0.2) is 4.79 Å². The molecule has 1 saturated heterocycles. The standard InChI is InChI=1S/C23H18BrF3N2O5/c1-33-15-8-4-13(5-9-15)20(30)18-19(28-21(31)29-22(18,32)23(25,26)27)17-11-10-16(34-17)12-2-6-14(24)7-3-12/h2-11,18-19,32H,1H3,(H2,28,29,31)/t18-,19+,22-/m1/s1. The summed E-state index contributed by atoms with van der Waals surface area (Å²) < 4.78 is 53.7. The van der Waals surface area contributed by atoms with Crippen LogP contribution >= 0.6 is 15.9 Å². The van der Waals surface area contributed by atoms with Crippen molar-refractivity contribution < 1.29 is 37.0 Å². The molecule has 7 nitrogen and oxygen atoms in total. The topological polar surface area (TPSA) is 101 Å². The number of carbonyl (C=O) groups excluding carboxylic acids is 2. The lowest BCUT2D eigenvalue weighted by Gasteiger charge is -2.44. The third kappa shape index (κ3) is 4.28. The molecule has 0 bridgehead atoms. The van der Waals surface area contributed by atoms with E-state index in [0.717, 1.165) is 4.47 Å². The van der Waals surface area contributed by atoms with Gasteiger partial charge < -0.3 is 24.9 Å². The molecular weight excluding hydrogens is 521 g/mol. The summed E-state index contributed by atoms with van der Waals surface area (Å²) in [7, 11) is 1.40. The molecule has 1 aliphatic heterocycles. The summed E-state index contributed by atoms with van der Waals surface area (Å²) in [5.41, 5.74) is -3.34. The first-order valence-electron chi connectivity index (χ1n) is 9.95. The molecule has 178 valence electrons. The molecule has 2 heterocycles. The number of furan rings is 1. The van der Waals surface area contributed by atoms with Crippen LogP contribution in [0.4, 0.5) is 18.0 Å². The van der Waals surface area contributed by atoms with Gasteiger partial charge in [-0.05, 0) is 48.5 Å². The number of ether oxygens (including phenoxy) is 1. The summed E-state index contributed by atoms with van der Waals surface area (Å²) in [4.78, 5) is 25.5. The molecular formula is C23H18BrF3N2O5. The van der Waals surface area contributed by atoms with Gasteiger partial charge in [-0.1, -0.05) is 28.1 Å². The van der Waals surface area contributed by atoms with Gasteiger partial charge in [-0.2, -0.15) is 13.2 Å². The summed E-state index contributed by atoms with van der Waals surface area (Å²) in [5, 5.41) is 14.5. The van der Waals surface area contributed by atoms with E-state index in [1.54, 1.807) is 24.3 Å². The van der Waals surface area contributed by atoms with Gasteiger partial charge in [0.2, 0.25) is 5.72 Å². The Morgan fingerprint density at radius 3 is 2.32 bits per heavy atom. The average molecular weight is 539 g/mol. The number of ketones is 1. The minimum atomic E-state index is -5.36. The predicted octanol–water partition coefficient (Wildman–Crippen LogP) is 4.82. The van der Waals surface area contributed by atoms with Gasteiger partial charge in [-0.3, -0.25) is 4.79 Å². The summed E-state index contributed by atoms with van der Waals surface area (Å²) in [5.74, 6) is -2.67. The number of Topliss-reactive ketones (excluding diaryl/α,β-unsaturated/α-hetero) is 1. The van der Waals surface area contributed by atoms with Crippen molar-refractivity contribution in [2.45, 2.75) is 17.9 Å². The lowest BCUT2D eigenvalue weighted by Crippen LogP contribution is -2.72. The number of amides is 2. The molecule has 2 amide bonds. The van der Waals surface area contributed by atoms with Crippen molar-refractivity contribution >= 4 is 27.7 Å². The summed E-state index contributed by atoms with van der Waals surface area (Å²) >= 11 is 3.31. The van der Waals surface area contributed by atoms with Crippen LogP contribution in [-0.2, 0) is 0 Å². The van der Waals surface area contributed by atoms with E-state index in [4.69, 9.17) is 9.15 Å². The number of urea groups is 1. The van der Waals surface area contributed by atoms with E-state index in [0.29, 0.717) is 17.1 Å². The van der Waals surface area contributed by atoms with Crippen molar-refractivity contribution in [3.8, 4) is 17.1 Å². The maximum Gasteiger partial charge on any atom is 0.437 e. The molecule has 0 aliphatic carbocycles. The number of aliphatic hydroxyl groups is 1. The van der Waals surface area contributed by atoms with Crippen LogP contribution in [0.2, 0.25) is 0 Å². The van der Waals surface area contributed by atoms with Gasteiger partial charge in [-0.15, -0.1) is 0 Å². The Labute approximate surface area is 200 Å². The Balaban J connectivity index is 1.79. The van der Waals surface area contributed by atoms with Crippen molar-refractivity contribution in [2.75, 3.05) is 7.11 Å². The van der Waals surface area contributed by atoms with Gasteiger partial charge >= 0.3 is 12.2 Å². The molecule has 1 aliphatic rings. The number of rotatable bonds is 5. The number of hydrogen-bond acceptors (Lipinski definition) is 5. The number of hydrogen-bond donors (Lipinski definition) is 3. The van der Waals surface area contributed by atoms with E-state index in [2.05, 4.69) is 21.2 Å². The van der Waals surface area contributed by atoms with Crippen molar-refractivity contribution in [3.63, 3.8) is 0 Å². The molecule has 3 atom stereocenters. The van der Waals surface area contributed by atoms with Gasteiger partial charge in [0.25, 0.3) is 0 Å². The zero-order chi connectivity index (χ0) is 24.7. The van der Waals surface area contributed by atoms with Crippen LogP contribution in [-0.4, -0.2) is 35.9 Å². The van der Waals surface area contributed by atoms with E-state index in [9.17, 15) is 27.9 Å². The van der Waals surface area contributed by atoms with Crippen LogP contribution in [0.1, 0.15) is 22.2 Å². The largest absolute Gasteiger partial charge is 0.497 e. The smallest absolute Gasteiger partial charge is 0.437 e. The zero-order valence-corrected chi connectivity index (χ0v) is 19.1. The fraction of sp³-hybridized carbons (Fsp3) is 0.217. The van der Waals surface area contributed by atoms with Crippen LogP contribution < -0.4 is 15.4 Å². The molecule has 0 saturated carbocycles. The molecule has 2 aromatic carbocycles. The predicted molar refractivity (Wildman–Crippen MR) is 118 cm³/mol. The molecule has 0 radical (unpaired) electrons. The van der Waals surface area contributed by atoms with Gasteiger partial charge in [0.05, 0.1) is 7.11 Å². The Morgan fingerprint density at radius 1 is 1.09 bits per heavy atom. The van der Waals surface area contributed by atoms with Crippen molar-refractivity contribution in [1.29, 1.82) is 0 Å². The van der Waals surface area contributed by atoms with Gasteiger partial charge in [0, 0.05) is 15.6 Å². The van der Waals surface area contributed by atoms with Crippen LogP contribution in [0.15, 0.2) is 69.6 Å². The highest BCUT2D eigenvalue weighted by atomic mass is 79.9. The normalized spacial score (nSPS) is 22.6. The van der Waals surface area contributed by atoms with Gasteiger partial charge in [0.15, 0.2) is 5.78 Å². The maximum absolute atomic E-state index is 14.0. The van der Waals surface area contributed by atoms with E-state index in [-0.39, 0.29) is 11.3 Å². The molecule has 1 aromatic heterocycles. The zero-order valence-electron chi connectivity index (χ0n) is 17.5. The van der Waals surface area contributed by atoms with Crippen molar-refractivity contribution in [3.05, 3.63) is 76.5 Å². The Bertz CT molecular complexity index is 1210. The van der Waals surface area contributed by atoms with E-state index in [1.165, 1.54) is 48.8 Å². The second-order valence-corrected chi connectivity index (χ2v) is 8.54. The quantitative estimate of drug-likeness (QED) is 0.404. The molecule has 0 unspecified atom stereocenters. The Hall–Kier alpha value is -3.31. The molecule has 34 heavy (non-hydrogen) atoms. The fourth-order valence-corrected chi connectivity index (χ4v) is 4.06. The minimum absolute atomic E-state index is 0.115.